The van der Waals surface area contributed by atoms with Crippen molar-refractivity contribution < 1.29 is 9.90 Å². The summed E-state index contributed by atoms with van der Waals surface area (Å²) in [5, 5.41) is 11.8. The first kappa shape index (κ1) is 13.5. The Kier molecular flexibility index (Phi) is 3.68. The maximum atomic E-state index is 11.5. The van der Waals surface area contributed by atoms with Crippen molar-refractivity contribution >= 4 is 34.6 Å². The molecule has 1 aliphatic carbocycles. The van der Waals surface area contributed by atoms with E-state index in [4.69, 9.17) is 11.6 Å². The van der Waals surface area contributed by atoms with Gasteiger partial charge >= 0.3 is 5.97 Å². The molecule has 1 heterocycles. The summed E-state index contributed by atoms with van der Waals surface area (Å²) in [7, 11) is 0. The Morgan fingerprint density at radius 3 is 2.75 bits per heavy atom. The molecule has 5 heteroatoms. The van der Waals surface area contributed by atoms with Crippen LogP contribution in [0.15, 0.2) is 35.7 Å². The summed E-state index contributed by atoms with van der Waals surface area (Å²) >= 11 is 7.76. The molecule has 0 spiro atoms. The Bertz CT molecular complexity index is 623. The highest BCUT2D eigenvalue weighted by molar-refractivity contribution is 7.09. The molecule has 1 saturated carbocycles. The zero-order valence-corrected chi connectivity index (χ0v) is 12.3. The molecule has 1 aliphatic rings. The lowest BCUT2D eigenvalue weighted by Crippen LogP contribution is -2.26. The SMILES string of the molecule is O=C(O)c1c(Cl)cccc1N(Cc1cccs1)C1CC1. The molecule has 104 valence electrons. The molecule has 1 N–H and O–H groups in total. The van der Waals surface area contributed by atoms with E-state index < -0.39 is 5.97 Å². The van der Waals surface area contributed by atoms with Crippen molar-refractivity contribution in [3.05, 3.63) is 51.2 Å². The fourth-order valence-electron chi connectivity index (χ4n) is 2.33. The van der Waals surface area contributed by atoms with E-state index in [1.807, 2.05) is 23.6 Å². The highest BCUT2D eigenvalue weighted by Crippen LogP contribution is 2.37. The van der Waals surface area contributed by atoms with Gasteiger partial charge < -0.3 is 10.0 Å². The molecule has 1 fully saturated rings. The average molecular weight is 308 g/mol. The highest BCUT2D eigenvalue weighted by atomic mass is 35.5. The van der Waals surface area contributed by atoms with Gasteiger partial charge in [-0.1, -0.05) is 23.7 Å². The predicted octanol–water partition coefficient (Wildman–Crippen LogP) is 4.27. The van der Waals surface area contributed by atoms with E-state index >= 15 is 0 Å². The number of carboxylic acids is 1. The van der Waals surface area contributed by atoms with Crippen molar-refractivity contribution in [2.24, 2.45) is 0 Å². The third-order valence-electron chi connectivity index (χ3n) is 3.41. The lowest BCUT2D eigenvalue weighted by Gasteiger charge is -2.26. The van der Waals surface area contributed by atoms with Crippen molar-refractivity contribution in [3.63, 3.8) is 0 Å². The van der Waals surface area contributed by atoms with Crippen LogP contribution < -0.4 is 4.90 Å². The van der Waals surface area contributed by atoms with Crippen molar-refractivity contribution in [2.45, 2.75) is 25.4 Å². The van der Waals surface area contributed by atoms with Crippen LogP contribution in [0, 0.1) is 0 Å². The van der Waals surface area contributed by atoms with Gasteiger partial charge in [0.2, 0.25) is 0 Å². The third kappa shape index (κ3) is 2.67. The van der Waals surface area contributed by atoms with Crippen LogP contribution >= 0.6 is 22.9 Å². The van der Waals surface area contributed by atoms with E-state index in [9.17, 15) is 9.90 Å². The number of hydrogen-bond donors (Lipinski definition) is 1. The van der Waals surface area contributed by atoms with E-state index in [1.54, 1.807) is 17.4 Å². The number of nitrogens with zero attached hydrogens (tertiary/aromatic N) is 1. The summed E-state index contributed by atoms with van der Waals surface area (Å²) < 4.78 is 0. The second-order valence-electron chi connectivity index (χ2n) is 4.88. The molecule has 0 atom stereocenters. The first-order chi connectivity index (χ1) is 9.66. The number of rotatable bonds is 5. The topological polar surface area (TPSA) is 40.5 Å². The molecule has 0 bridgehead atoms. The molecular weight excluding hydrogens is 294 g/mol. The van der Waals surface area contributed by atoms with E-state index in [0.29, 0.717) is 11.1 Å². The van der Waals surface area contributed by atoms with Crippen molar-refractivity contribution in [2.75, 3.05) is 4.90 Å². The van der Waals surface area contributed by atoms with Crippen LogP contribution in [0.3, 0.4) is 0 Å². The minimum atomic E-state index is -0.970. The van der Waals surface area contributed by atoms with Crippen LogP contribution in [-0.4, -0.2) is 17.1 Å². The zero-order valence-electron chi connectivity index (χ0n) is 10.8. The summed E-state index contributed by atoms with van der Waals surface area (Å²) in [4.78, 5) is 14.9. The summed E-state index contributed by atoms with van der Waals surface area (Å²) in [5.41, 5.74) is 0.929. The minimum Gasteiger partial charge on any atom is -0.478 e. The Morgan fingerprint density at radius 2 is 2.15 bits per heavy atom. The number of aromatic carboxylic acids is 1. The maximum Gasteiger partial charge on any atom is 0.339 e. The molecule has 1 aromatic heterocycles. The number of thiophene rings is 1. The van der Waals surface area contributed by atoms with Gasteiger partial charge in [-0.05, 0) is 36.4 Å². The van der Waals surface area contributed by atoms with Gasteiger partial charge in [-0.15, -0.1) is 11.3 Å². The molecule has 0 radical (unpaired) electrons. The van der Waals surface area contributed by atoms with Crippen LogP contribution in [0.5, 0.6) is 0 Å². The number of hydrogen-bond acceptors (Lipinski definition) is 3. The Hall–Kier alpha value is -1.52. The first-order valence-corrected chi connectivity index (χ1v) is 7.73. The molecule has 0 saturated heterocycles. The van der Waals surface area contributed by atoms with Crippen LogP contribution in [-0.2, 0) is 6.54 Å². The lowest BCUT2D eigenvalue weighted by atomic mass is 10.1. The van der Waals surface area contributed by atoms with E-state index in [0.717, 1.165) is 25.1 Å². The van der Waals surface area contributed by atoms with Gasteiger partial charge in [0.1, 0.15) is 5.56 Å². The van der Waals surface area contributed by atoms with Crippen LogP contribution in [0.25, 0.3) is 0 Å². The highest BCUT2D eigenvalue weighted by Gasteiger charge is 2.32. The van der Waals surface area contributed by atoms with Crippen LogP contribution in [0.1, 0.15) is 28.1 Å². The number of carbonyl (C=O) groups is 1. The van der Waals surface area contributed by atoms with Crippen molar-refractivity contribution in [3.8, 4) is 0 Å². The Balaban J connectivity index is 1.99. The van der Waals surface area contributed by atoms with Gasteiger partial charge in [-0.3, -0.25) is 0 Å². The fourth-order valence-corrected chi connectivity index (χ4v) is 3.28. The van der Waals surface area contributed by atoms with Gasteiger partial charge in [-0.2, -0.15) is 0 Å². The van der Waals surface area contributed by atoms with Crippen LogP contribution in [0.4, 0.5) is 5.69 Å². The summed E-state index contributed by atoms with van der Waals surface area (Å²) in [6.07, 6.45) is 2.22. The van der Waals surface area contributed by atoms with Crippen molar-refractivity contribution in [1.82, 2.24) is 0 Å². The molecule has 3 rings (SSSR count). The monoisotopic (exact) mass is 307 g/mol. The van der Waals surface area contributed by atoms with Crippen molar-refractivity contribution in [1.29, 1.82) is 0 Å². The van der Waals surface area contributed by atoms with E-state index in [1.165, 1.54) is 4.88 Å². The van der Waals surface area contributed by atoms with Gasteiger partial charge in [0.25, 0.3) is 0 Å². The summed E-state index contributed by atoms with van der Waals surface area (Å²) in [6, 6.07) is 9.81. The smallest absolute Gasteiger partial charge is 0.339 e. The third-order valence-corrected chi connectivity index (χ3v) is 4.58. The Labute approximate surface area is 126 Å². The lowest BCUT2D eigenvalue weighted by molar-refractivity contribution is 0.0697. The number of halogens is 1. The van der Waals surface area contributed by atoms with Crippen LogP contribution in [0.2, 0.25) is 5.02 Å². The number of benzene rings is 1. The number of carboxylic acid groups (broad SMARTS) is 1. The summed E-state index contributed by atoms with van der Waals surface area (Å²) in [5.74, 6) is -0.970. The largest absolute Gasteiger partial charge is 0.478 e. The standard InChI is InChI=1S/C15H14ClNO2S/c16-12-4-1-5-13(14(12)15(18)19)17(10-6-7-10)9-11-3-2-8-20-11/h1-5,8,10H,6-7,9H2,(H,18,19). The second-order valence-corrected chi connectivity index (χ2v) is 6.32. The normalized spacial score (nSPS) is 14.2. The second kappa shape index (κ2) is 5.46. The summed E-state index contributed by atoms with van der Waals surface area (Å²) in [6.45, 7) is 0.739. The van der Waals surface area contributed by atoms with Gasteiger partial charge in [0.05, 0.1) is 17.3 Å². The molecule has 0 unspecified atom stereocenters. The van der Waals surface area contributed by atoms with Gasteiger partial charge in [0.15, 0.2) is 0 Å². The van der Waals surface area contributed by atoms with E-state index in [2.05, 4.69) is 11.0 Å². The molecule has 20 heavy (non-hydrogen) atoms. The quantitative estimate of drug-likeness (QED) is 0.897. The maximum absolute atomic E-state index is 11.5. The zero-order chi connectivity index (χ0) is 14.1. The molecular formula is C15H14ClNO2S. The fraction of sp³-hybridized carbons (Fsp3) is 0.267. The average Bonchev–Trinajstić information content (AvgIpc) is 3.12. The molecule has 0 amide bonds. The Morgan fingerprint density at radius 1 is 1.35 bits per heavy atom. The molecule has 1 aromatic carbocycles. The van der Waals surface area contributed by atoms with Gasteiger partial charge in [-0.25, -0.2) is 4.79 Å². The molecule has 2 aromatic rings. The molecule has 0 aliphatic heterocycles. The molecule has 3 nitrogen and oxygen atoms in total. The number of anilines is 1. The first-order valence-electron chi connectivity index (χ1n) is 6.47. The minimum absolute atomic E-state index is 0.206. The van der Waals surface area contributed by atoms with Gasteiger partial charge in [0, 0.05) is 10.9 Å². The predicted molar refractivity (Wildman–Crippen MR) is 81.9 cm³/mol. The van der Waals surface area contributed by atoms with E-state index in [-0.39, 0.29) is 5.56 Å².